The van der Waals surface area contributed by atoms with Crippen molar-refractivity contribution in [1.82, 2.24) is 15.5 Å². The lowest BCUT2D eigenvalue weighted by molar-refractivity contribution is 0.296. The van der Waals surface area contributed by atoms with E-state index in [1.807, 2.05) is 40.0 Å². The standard InChI is InChI=1S/C14H19N3O2/c1-9-5-6-14(13(16-9)7-15-4)18-8-12-10(2)17-19-11(12)3/h5-6,15H,7-8H2,1-4H3. The third kappa shape index (κ3) is 3.12. The van der Waals surface area contributed by atoms with E-state index in [1.54, 1.807) is 0 Å². The summed E-state index contributed by atoms with van der Waals surface area (Å²) in [5.41, 5.74) is 3.76. The molecule has 19 heavy (non-hydrogen) atoms. The van der Waals surface area contributed by atoms with Crippen LogP contribution in [0.1, 0.15) is 28.4 Å². The molecule has 0 aliphatic carbocycles. The number of nitrogens with one attached hydrogen (secondary N) is 1. The third-order valence-corrected chi connectivity index (χ3v) is 2.97. The van der Waals surface area contributed by atoms with Gasteiger partial charge >= 0.3 is 0 Å². The molecule has 5 heteroatoms. The molecular formula is C14H19N3O2. The second kappa shape index (κ2) is 5.84. The lowest BCUT2D eigenvalue weighted by atomic mass is 10.2. The first kappa shape index (κ1) is 13.5. The average Bonchev–Trinajstić information content (AvgIpc) is 2.69. The molecule has 0 fully saturated rings. The smallest absolute Gasteiger partial charge is 0.142 e. The summed E-state index contributed by atoms with van der Waals surface area (Å²) in [5, 5.41) is 7.01. The molecule has 2 rings (SSSR count). The van der Waals surface area contributed by atoms with Gasteiger partial charge in [0, 0.05) is 12.2 Å². The summed E-state index contributed by atoms with van der Waals surface area (Å²) in [6.07, 6.45) is 0. The van der Waals surface area contributed by atoms with E-state index in [0.29, 0.717) is 13.2 Å². The van der Waals surface area contributed by atoms with E-state index in [2.05, 4.69) is 15.5 Å². The molecule has 0 saturated heterocycles. The molecule has 2 heterocycles. The van der Waals surface area contributed by atoms with Crippen molar-refractivity contribution >= 4 is 0 Å². The fourth-order valence-corrected chi connectivity index (χ4v) is 1.88. The maximum absolute atomic E-state index is 5.85. The largest absolute Gasteiger partial charge is 0.487 e. The number of pyridine rings is 1. The van der Waals surface area contributed by atoms with Crippen LogP contribution in [0.5, 0.6) is 5.75 Å². The second-order valence-electron chi connectivity index (χ2n) is 4.52. The van der Waals surface area contributed by atoms with Crippen LogP contribution in [-0.4, -0.2) is 17.2 Å². The Bertz CT molecular complexity index is 544. The number of hydrogen-bond acceptors (Lipinski definition) is 5. The van der Waals surface area contributed by atoms with Crippen molar-refractivity contribution in [1.29, 1.82) is 0 Å². The first-order chi connectivity index (χ1) is 9.11. The molecule has 2 aromatic heterocycles. The Morgan fingerprint density at radius 1 is 1.26 bits per heavy atom. The normalized spacial score (nSPS) is 10.7. The monoisotopic (exact) mass is 261 g/mol. The number of aryl methyl sites for hydroxylation is 3. The highest BCUT2D eigenvalue weighted by molar-refractivity contribution is 5.30. The Kier molecular flexibility index (Phi) is 4.16. The second-order valence-corrected chi connectivity index (χ2v) is 4.52. The minimum absolute atomic E-state index is 0.447. The maximum atomic E-state index is 5.85. The molecule has 0 aliphatic rings. The van der Waals surface area contributed by atoms with Crippen molar-refractivity contribution in [2.24, 2.45) is 0 Å². The van der Waals surface area contributed by atoms with Gasteiger partial charge in [-0.1, -0.05) is 5.16 Å². The van der Waals surface area contributed by atoms with E-state index < -0.39 is 0 Å². The predicted molar refractivity (Wildman–Crippen MR) is 72.0 cm³/mol. The van der Waals surface area contributed by atoms with E-state index in [4.69, 9.17) is 9.26 Å². The van der Waals surface area contributed by atoms with Crippen LogP contribution in [0.2, 0.25) is 0 Å². The minimum atomic E-state index is 0.447. The molecule has 2 aromatic rings. The Hall–Kier alpha value is -1.88. The summed E-state index contributed by atoms with van der Waals surface area (Å²) in [6, 6.07) is 3.90. The van der Waals surface area contributed by atoms with Crippen molar-refractivity contribution in [2.45, 2.75) is 33.9 Å². The Balaban J connectivity index is 2.15. The molecule has 0 aliphatic heterocycles. The van der Waals surface area contributed by atoms with Crippen molar-refractivity contribution in [2.75, 3.05) is 7.05 Å². The average molecular weight is 261 g/mol. The van der Waals surface area contributed by atoms with E-state index in [9.17, 15) is 0 Å². The first-order valence-corrected chi connectivity index (χ1v) is 6.27. The van der Waals surface area contributed by atoms with Gasteiger partial charge in [-0.3, -0.25) is 4.98 Å². The fraction of sp³-hybridized carbons (Fsp3) is 0.429. The van der Waals surface area contributed by atoms with Gasteiger partial charge in [-0.15, -0.1) is 0 Å². The Morgan fingerprint density at radius 3 is 2.68 bits per heavy atom. The van der Waals surface area contributed by atoms with Crippen molar-refractivity contribution < 1.29 is 9.26 Å². The van der Waals surface area contributed by atoms with Gasteiger partial charge in [0.05, 0.1) is 17.0 Å². The molecule has 5 nitrogen and oxygen atoms in total. The fourth-order valence-electron chi connectivity index (χ4n) is 1.88. The summed E-state index contributed by atoms with van der Waals surface area (Å²) in [7, 11) is 1.89. The molecule has 0 spiro atoms. The summed E-state index contributed by atoms with van der Waals surface area (Å²) in [4.78, 5) is 4.48. The molecule has 102 valence electrons. The molecule has 0 amide bonds. The molecule has 1 N–H and O–H groups in total. The topological polar surface area (TPSA) is 60.2 Å². The summed E-state index contributed by atoms with van der Waals surface area (Å²) < 4.78 is 11.0. The van der Waals surface area contributed by atoms with E-state index in [1.165, 1.54) is 0 Å². The van der Waals surface area contributed by atoms with Gasteiger partial charge in [-0.25, -0.2) is 0 Å². The minimum Gasteiger partial charge on any atom is -0.487 e. The van der Waals surface area contributed by atoms with Crippen molar-refractivity contribution in [3.05, 3.63) is 40.5 Å². The van der Waals surface area contributed by atoms with E-state index in [0.717, 1.165) is 34.2 Å². The first-order valence-electron chi connectivity index (χ1n) is 6.27. The van der Waals surface area contributed by atoms with Crippen LogP contribution in [0.15, 0.2) is 16.7 Å². The highest BCUT2D eigenvalue weighted by Crippen LogP contribution is 2.20. The van der Waals surface area contributed by atoms with Crippen LogP contribution < -0.4 is 10.1 Å². The van der Waals surface area contributed by atoms with Crippen molar-refractivity contribution in [3.63, 3.8) is 0 Å². The molecule has 0 bridgehead atoms. The van der Waals surface area contributed by atoms with Gasteiger partial charge in [0.2, 0.25) is 0 Å². The highest BCUT2D eigenvalue weighted by atomic mass is 16.5. The zero-order valence-corrected chi connectivity index (χ0v) is 11.8. The van der Waals surface area contributed by atoms with Gasteiger partial charge in [0.25, 0.3) is 0 Å². The van der Waals surface area contributed by atoms with Gasteiger partial charge in [0.1, 0.15) is 18.1 Å². The number of aromatic nitrogens is 2. The SMILES string of the molecule is CNCc1nc(C)ccc1OCc1c(C)noc1C. The van der Waals surface area contributed by atoms with E-state index in [-0.39, 0.29) is 0 Å². The molecular weight excluding hydrogens is 242 g/mol. The van der Waals surface area contributed by atoms with E-state index >= 15 is 0 Å². The third-order valence-electron chi connectivity index (χ3n) is 2.97. The summed E-state index contributed by atoms with van der Waals surface area (Å²) in [5.74, 6) is 1.59. The quantitative estimate of drug-likeness (QED) is 0.894. The van der Waals surface area contributed by atoms with Gasteiger partial charge in [0.15, 0.2) is 0 Å². The van der Waals surface area contributed by atoms with Gasteiger partial charge in [-0.05, 0) is 40.0 Å². The molecule has 0 atom stereocenters. The zero-order chi connectivity index (χ0) is 13.8. The van der Waals surface area contributed by atoms with Crippen LogP contribution in [0, 0.1) is 20.8 Å². The molecule has 0 saturated carbocycles. The number of ether oxygens (including phenoxy) is 1. The molecule has 0 unspecified atom stereocenters. The number of hydrogen-bond donors (Lipinski definition) is 1. The maximum Gasteiger partial charge on any atom is 0.142 e. The van der Waals surface area contributed by atoms with Crippen LogP contribution >= 0.6 is 0 Å². The molecule has 0 aromatic carbocycles. The summed E-state index contributed by atoms with van der Waals surface area (Å²) in [6.45, 7) is 6.90. The van der Waals surface area contributed by atoms with Gasteiger partial charge < -0.3 is 14.6 Å². The van der Waals surface area contributed by atoms with Crippen LogP contribution in [0.4, 0.5) is 0 Å². The van der Waals surface area contributed by atoms with Crippen LogP contribution in [0.3, 0.4) is 0 Å². The van der Waals surface area contributed by atoms with Gasteiger partial charge in [-0.2, -0.15) is 0 Å². The van der Waals surface area contributed by atoms with Crippen LogP contribution in [0.25, 0.3) is 0 Å². The molecule has 0 radical (unpaired) electrons. The lowest BCUT2D eigenvalue weighted by Crippen LogP contribution is -2.10. The van der Waals surface area contributed by atoms with Crippen molar-refractivity contribution in [3.8, 4) is 5.75 Å². The zero-order valence-electron chi connectivity index (χ0n) is 11.8. The van der Waals surface area contributed by atoms with Crippen LogP contribution in [-0.2, 0) is 13.2 Å². The highest BCUT2D eigenvalue weighted by Gasteiger charge is 2.11. The Morgan fingerprint density at radius 2 is 2.05 bits per heavy atom. The summed E-state index contributed by atoms with van der Waals surface area (Å²) >= 11 is 0. The number of rotatable bonds is 5. The Labute approximate surface area is 113 Å². The predicted octanol–water partition coefficient (Wildman–Crippen LogP) is 2.29. The number of nitrogens with zero attached hydrogens (tertiary/aromatic N) is 2. The lowest BCUT2D eigenvalue weighted by Gasteiger charge is -2.11.